The predicted octanol–water partition coefficient (Wildman–Crippen LogP) is 3.37. The van der Waals surface area contributed by atoms with Gasteiger partial charge in [-0.05, 0) is 37.6 Å². The summed E-state index contributed by atoms with van der Waals surface area (Å²) in [4.78, 5) is 16.7. The molecule has 0 radical (unpaired) electrons. The number of amides is 1. The summed E-state index contributed by atoms with van der Waals surface area (Å²) in [6, 6.07) is 8.83. The molecule has 0 aliphatic carbocycles. The molecule has 1 heterocycles. The third-order valence-electron chi connectivity index (χ3n) is 5.05. The van der Waals surface area contributed by atoms with Gasteiger partial charge in [-0.3, -0.25) is 9.69 Å². The van der Waals surface area contributed by atoms with Gasteiger partial charge in [0.15, 0.2) is 0 Å². The van der Waals surface area contributed by atoms with Gasteiger partial charge in [-0.2, -0.15) is 0 Å². The Balaban J connectivity index is 1.67. The summed E-state index contributed by atoms with van der Waals surface area (Å²) < 4.78 is 27.1. The molecule has 3 rings (SSSR count). The van der Waals surface area contributed by atoms with Crippen molar-refractivity contribution in [2.24, 2.45) is 0 Å². The zero-order valence-corrected chi connectivity index (χ0v) is 15.0. The van der Waals surface area contributed by atoms with Crippen molar-refractivity contribution in [2.75, 3.05) is 31.9 Å². The van der Waals surface area contributed by atoms with E-state index in [9.17, 15) is 13.6 Å². The summed E-state index contributed by atoms with van der Waals surface area (Å²) in [5, 5.41) is 0. The first-order valence-corrected chi connectivity index (χ1v) is 8.71. The van der Waals surface area contributed by atoms with E-state index in [1.165, 1.54) is 12.1 Å². The van der Waals surface area contributed by atoms with E-state index in [0.29, 0.717) is 43.0 Å². The summed E-state index contributed by atoms with van der Waals surface area (Å²) in [6.45, 7) is 6.16. The van der Waals surface area contributed by atoms with Crippen LogP contribution >= 0.6 is 0 Å². The monoisotopic (exact) mass is 359 g/mol. The number of nitrogens with two attached hydrogens (primary N) is 1. The van der Waals surface area contributed by atoms with Gasteiger partial charge in [-0.1, -0.05) is 12.1 Å². The predicted molar refractivity (Wildman–Crippen MR) is 97.8 cm³/mol. The molecule has 2 N–H and O–H groups in total. The average Bonchev–Trinajstić information content (AvgIpc) is 2.63. The van der Waals surface area contributed by atoms with Crippen molar-refractivity contribution in [1.29, 1.82) is 0 Å². The molecule has 1 fully saturated rings. The molecule has 1 unspecified atom stereocenters. The molecule has 0 saturated carbocycles. The van der Waals surface area contributed by atoms with Gasteiger partial charge in [0.25, 0.3) is 5.91 Å². The highest BCUT2D eigenvalue weighted by atomic mass is 19.1. The minimum absolute atomic E-state index is 0.0323. The van der Waals surface area contributed by atoms with E-state index >= 15 is 0 Å². The molecule has 4 nitrogen and oxygen atoms in total. The number of benzene rings is 2. The summed E-state index contributed by atoms with van der Waals surface area (Å²) in [6.07, 6.45) is 0. The molecule has 138 valence electrons. The largest absolute Gasteiger partial charge is 0.399 e. The second-order valence-electron chi connectivity index (χ2n) is 6.74. The van der Waals surface area contributed by atoms with E-state index in [-0.39, 0.29) is 11.9 Å². The highest BCUT2D eigenvalue weighted by Gasteiger charge is 2.27. The van der Waals surface area contributed by atoms with Crippen molar-refractivity contribution in [2.45, 2.75) is 19.9 Å². The van der Waals surface area contributed by atoms with E-state index in [4.69, 9.17) is 5.73 Å². The molecule has 0 bridgehead atoms. The van der Waals surface area contributed by atoms with Crippen LogP contribution in [0.25, 0.3) is 0 Å². The van der Waals surface area contributed by atoms with Crippen LogP contribution in [0, 0.1) is 18.6 Å². The zero-order chi connectivity index (χ0) is 18.8. The van der Waals surface area contributed by atoms with Crippen LogP contribution in [0.4, 0.5) is 14.5 Å². The standard InChI is InChI=1S/C20H23F2N3O/c1-13-3-5-16(23)12-18(13)20(26)25-9-7-24(8-10-25)14(2)17-6-4-15(21)11-19(17)22/h3-6,11-12,14H,7-10,23H2,1-2H3. The van der Waals surface area contributed by atoms with E-state index in [1.807, 2.05) is 19.9 Å². The second-order valence-corrected chi connectivity index (χ2v) is 6.74. The van der Waals surface area contributed by atoms with Gasteiger partial charge in [0.1, 0.15) is 11.6 Å². The number of nitrogens with zero attached hydrogens (tertiary/aromatic N) is 2. The summed E-state index contributed by atoms with van der Waals surface area (Å²) >= 11 is 0. The lowest BCUT2D eigenvalue weighted by Crippen LogP contribution is -2.49. The maximum Gasteiger partial charge on any atom is 0.254 e. The van der Waals surface area contributed by atoms with Crippen LogP contribution in [0.2, 0.25) is 0 Å². The molecule has 0 aromatic heterocycles. The number of rotatable bonds is 3. The number of aryl methyl sites for hydroxylation is 1. The van der Waals surface area contributed by atoms with Crippen molar-refractivity contribution in [1.82, 2.24) is 9.80 Å². The molecule has 6 heteroatoms. The van der Waals surface area contributed by atoms with Crippen LogP contribution in [0.5, 0.6) is 0 Å². The Bertz CT molecular complexity index is 817. The van der Waals surface area contributed by atoms with Crippen molar-refractivity contribution in [3.8, 4) is 0 Å². The van der Waals surface area contributed by atoms with Crippen LogP contribution in [0.3, 0.4) is 0 Å². The fourth-order valence-electron chi connectivity index (χ4n) is 3.39. The third-order valence-corrected chi connectivity index (χ3v) is 5.05. The Labute approximate surface area is 152 Å². The van der Waals surface area contributed by atoms with Gasteiger partial charge in [0.2, 0.25) is 0 Å². The number of halogens is 2. The molecule has 1 aliphatic rings. The molecule has 1 aliphatic heterocycles. The minimum atomic E-state index is -0.577. The first-order chi connectivity index (χ1) is 12.4. The number of anilines is 1. The molecule has 2 aromatic rings. The van der Waals surface area contributed by atoms with Crippen LogP contribution in [0.15, 0.2) is 36.4 Å². The van der Waals surface area contributed by atoms with Gasteiger partial charge in [0.05, 0.1) is 0 Å². The van der Waals surface area contributed by atoms with Crippen LogP contribution in [-0.4, -0.2) is 41.9 Å². The first kappa shape index (κ1) is 18.3. The van der Waals surface area contributed by atoms with E-state index in [0.717, 1.165) is 11.6 Å². The topological polar surface area (TPSA) is 49.6 Å². The maximum absolute atomic E-state index is 14.0. The number of piperazine rings is 1. The molecule has 2 aromatic carbocycles. The normalized spacial score (nSPS) is 16.5. The van der Waals surface area contributed by atoms with Crippen LogP contribution < -0.4 is 5.73 Å². The molecule has 26 heavy (non-hydrogen) atoms. The number of nitrogen functional groups attached to an aromatic ring is 1. The Kier molecular flexibility index (Phi) is 5.23. The Morgan fingerprint density at radius 2 is 1.77 bits per heavy atom. The van der Waals surface area contributed by atoms with Gasteiger partial charge in [-0.15, -0.1) is 0 Å². The number of hydrogen-bond donors (Lipinski definition) is 1. The van der Waals surface area contributed by atoms with Crippen molar-refractivity contribution >= 4 is 11.6 Å². The fourth-order valence-corrected chi connectivity index (χ4v) is 3.39. The first-order valence-electron chi connectivity index (χ1n) is 8.71. The van der Waals surface area contributed by atoms with Gasteiger partial charge < -0.3 is 10.6 Å². The van der Waals surface area contributed by atoms with Gasteiger partial charge in [0, 0.05) is 55.1 Å². The van der Waals surface area contributed by atoms with Crippen LogP contribution in [0.1, 0.15) is 34.5 Å². The van der Waals surface area contributed by atoms with E-state index in [2.05, 4.69) is 4.90 Å². The number of hydrogen-bond acceptors (Lipinski definition) is 3. The second kappa shape index (κ2) is 7.41. The lowest BCUT2D eigenvalue weighted by atomic mass is 10.0. The lowest BCUT2D eigenvalue weighted by molar-refractivity contribution is 0.0578. The van der Waals surface area contributed by atoms with Crippen LogP contribution in [-0.2, 0) is 0 Å². The summed E-state index contributed by atoms with van der Waals surface area (Å²) in [5.41, 5.74) is 8.36. The summed E-state index contributed by atoms with van der Waals surface area (Å²) in [7, 11) is 0. The SMILES string of the molecule is Cc1ccc(N)cc1C(=O)N1CCN(C(C)c2ccc(F)cc2F)CC1. The highest BCUT2D eigenvalue weighted by Crippen LogP contribution is 2.25. The smallest absolute Gasteiger partial charge is 0.254 e. The third kappa shape index (κ3) is 3.70. The molecule has 1 amide bonds. The minimum Gasteiger partial charge on any atom is -0.399 e. The average molecular weight is 359 g/mol. The van der Waals surface area contributed by atoms with Crippen molar-refractivity contribution in [3.63, 3.8) is 0 Å². The van der Waals surface area contributed by atoms with Crippen molar-refractivity contribution < 1.29 is 13.6 Å². The molecular formula is C20H23F2N3O. The van der Waals surface area contributed by atoms with Crippen molar-refractivity contribution in [3.05, 3.63) is 64.7 Å². The fraction of sp³-hybridized carbons (Fsp3) is 0.350. The Morgan fingerprint density at radius 3 is 2.42 bits per heavy atom. The number of carbonyl (C=O) groups excluding carboxylic acids is 1. The molecular weight excluding hydrogens is 336 g/mol. The van der Waals surface area contributed by atoms with E-state index < -0.39 is 11.6 Å². The zero-order valence-electron chi connectivity index (χ0n) is 15.0. The lowest BCUT2D eigenvalue weighted by Gasteiger charge is -2.38. The number of carbonyl (C=O) groups is 1. The molecule has 1 atom stereocenters. The van der Waals surface area contributed by atoms with Gasteiger partial charge >= 0.3 is 0 Å². The highest BCUT2D eigenvalue weighted by molar-refractivity contribution is 5.96. The molecule has 0 spiro atoms. The van der Waals surface area contributed by atoms with E-state index in [1.54, 1.807) is 17.0 Å². The Hall–Kier alpha value is -2.47. The Morgan fingerprint density at radius 1 is 1.08 bits per heavy atom. The van der Waals surface area contributed by atoms with Gasteiger partial charge in [-0.25, -0.2) is 8.78 Å². The summed E-state index contributed by atoms with van der Waals surface area (Å²) in [5.74, 6) is -1.15. The molecule has 1 saturated heterocycles. The maximum atomic E-state index is 14.0. The quantitative estimate of drug-likeness (QED) is 0.855.